The summed E-state index contributed by atoms with van der Waals surface area (Å²) in [5.74, 6) is -0.239. The lowest BCUT2D eigenvalue weighted by Crippen LogP contribution is -2.50. The molecule has 1 aromatic heterocycles. The molecule has 9 heteroatoms. The van der Waals surface area contributed by atoms with Crippen LogP contribution in [0.1, 0.15) is 10.4 Å². The van der Waals surface area contributed by atoms with Crippen LogP contribution < -0.4 is 0 Å². The van der Waals surface area contributed by atoms with E-state index >= 15 is 0 Å². The van der Waals surface area contributed by atoms with E-state index in [-0.39, 0.29) is 11.1 Å². The molecule has 0 atom stereocenters. The second kappa shape index (κ2) is 5.97. The van der Waals surface area contributed by atoms with Crippen LogP contribution >= 0.6 is 27.5 Å². The van der Waals surface area contributed by atoms with Crippen molar-refractivity contribution < 1.29 is 13.2 Å². The van der Waals surface area contributed by atoms with E-state index in [9.17, 15) is 13.2 Å². The summed E-state index contributed by atoms with van der Waals surface area (Å²) in [5, 5.41) is 0.142. The number of aromatic nitrogens is 1. The monoisotopic (exact) mass is 381 g/mol. The third-order valence-corrected chi connectivity index (χ3v) is 5.07. The molecular weight excluding hydrogens is 370 g/mol. The van der Waals surface area contributed by atoms with E-state index in [4.69, 9.17) is 11.6 Å². The molecule has 1 aliphatic heterocycles. The van der Waals surface area contributed by atoms with Crippen molar-refractivity contribution in [3.05, 3.63) is 27.5 Å². The molecule has 2 rings (SSSR count). The Bertz CT molecular complexity index is 630. The molecule has 0 radical (unpaired) electrons. The first-order valence-electron chi connectivity index (χ1n) is 5.84. The third kappa shape index (κ3) is 3.49. The number of amides is 1. The first-order valence-corrected chi connectivity index (χ1v) is 8.86. The Hall–Kier alpha value is -0.700. The quantitative estimate of drug-likeness (QED) is 0.721. The Morgan fingerprint density at radius 3 is 2.50 bits per heavy atom. The van der Waals surface area contributed by atoms with Crippen LogP contribution in [-0.2, 0) is 10.0 Å². The minimum absolute atomic E-state index is 0.142. The van der Waals surface area contributed by atoms with Crippen LogP contribution in [0, 0.1) is 0 Å². The fourth-order valence-corrected chi connectivity index (χ4v) is 3.31. The summed E-state index contributed by atoms with van der Waals surface area (Å²) in [6.45, 7) is 1.27. The molecule has 6 nitrogen and oxygen atoms in total. The summed E-state index contributed by atoms with van der Waals surface area (Å²) >= 11 is 9.17. The fourth-order valence-electron chi connectivity index (χ4n) is 1.97. The zero-order chi connectivity index (χ0) is 14.9. The fraction of sp³-hybridized carbons (Fsp3) is 0.455. The molecule has 2 heterocycles. The molecule has 1 amide bonds. The van der Waals surface area contributed by atoms with Crippen molar-refractivity contribution in [2.75, 3.05) is 32.4 Å². The van der Waals surface area contributed by atoms with Crippen LogP contribution in [0.4, 0.5) is 0 Å². The van der Waals surface area contributed by atoms with E-state index in [1.807, 2.05) is 0 Å². The molecule has 1 saturated heterocycles. The highest BCUT2D eigenvalue weighted by molar-refractivity contribution is 9.10. The first kappa shape index (κ1) is 15.7. The standard InChI is InChI=1S/C11H13BrClN3O3S/c1-20(18,19)16-4-2-15(3-5-16)11(17)9-6-8(12)7-14-10(9)13/h6-7H,2-5H2,1H3. The van der Waals surface area contributed by atoms with E-state index in [1.165, 1.54) is 16.8 Å². The number of carbonyl (C=O) groups excluding carboxylic acids is 1. The van der Waals surface area contributed by atoms with Gasteiger partial charge in [0.25, 0.3) is 5.91 Å². The van der Waals surface area contributed by atoms with Gasteiger partial charge in [-0.2, -0.15) is 4.31 Å². The molecule has 0 aromatic carbocycles. The van der Waals surface area contributed by atoms with Crippen LogP contribution in [0.25, 0.3) is 0 Å². The van der Waals surface area contributed by atoms with Gasteiger partial charge >= 0.3 is 0 Å². The number of nitrogens with zero attached hydrogens (tertiary/aromatic N) is 3. The highest BCUT2D eigenvalue weighted by Gasteiger charge is 2.27. The smallest absolute Gasteiger partial charge is 0.257 e. The number of pyridine rings is 1. The van der Waals surface area contributed by atoms with Gasteiger partial charge in [0.15, 0.2) is 0 Å². The van der Waals surface area contributed by atoms with E-state index in [2.05, 4.69) is 20.9 Å². The van der Waals surface area contributed by atoms with Gasteiger partial charge in [-0.05, 0) is 22.0 Å². The molecule has 1 aromatic rings. The van der Waals surface area contributed by atoms with Gasteiger partial charge in [0.05, 0.1) is 11.8 Å². The highest BCUT2D eigenvalue weighted by atomic mass is 79.9. The molecule has 0 N–H and O–H groups in total. The van der Waals surface area contributed by atoms with Crippen molar-refractivity contribution >= 4 is 43.5 Å². The van der Waals surface area contributed by atoms with Gasteiger partial charge in [-0.1, -0.05) is 11.6 Å². The Balaban J connectivity index is 2.11. The molecule has 0 aliphatic carbocycles. The van der Waals surface area contributed by atoms with Gasteiger partial charge < -0.3 is 4.90 Å². The lowest BCUT2D eigenvalue weighted by Gasteiger charge is -2.33. The third-order valence-electron chi connectivity index (χ3n) is 3.03. The van der Waals surface area contributed by atoms with Gasteiger partial charge in [0.2, 0.25) is 10.0 Å². The number of hydrogen-bond acceptors (Lipinski definition) is 4. The topological polar surface area (TPSA) is 70.6 Å². The van der Waals surface area contributed by atoms with E-state index in [0.717, 1.165) is 0 Å². The summed E-state index contributed by atoms with van der Waals surface area (Å²) in [7, 11) is -3.21. The van der Waals surface area contributed by atoms with Crippen LogP contribution in [0.2, 0.25) is 5.15 Å². The number of piperazine rings is 1. The Labute approximate surface area is 130 Å². The van der Waals surface area contributed by atoms with Gasteiger partial charge in [0, 0.05) is 36.8 Å². The molecule has 0 bridgehead atoms. The van der Waals surface area contributed by atoms with Crippen molar-refractivity contribution in [2.45, 2.75) is 0 Å². The van der Waals surface area contributed by atoms with Crippen molar-refractivity contribution in [2.24, 2.45) is 0 Å². The number of carbonyl (C=O) groups is 1. The molecule has 1 aliphatic rings. The molecule has 110 valence electrons. The SMILES string of the molecule is CS(=O)(=O)N1CCN(C(=O)c2cc(Br)cnc2Cl)CC1. The highest BCUT2D eigenvalue weighted by Crippen LogP contribution is 2.20. The number of rotatable bonds is 2. The Kier molecular flexibility index (Phi) is 4.68. The minimum atomic E-state index is -3.21. The normalized spacial score (nSPS) is 17.2. The molecular formula is C11H13BrClN3O3S. The molecule has 20 heavy (non-hydrogen) atoms. The lowest BCUT2D eigenvalue weighted by atomic mass is 10.2. The van der Waals surface area contributed by atoms with E-state index in [1.54, 1.807) is 11.0 Å². The van der Waals surface area contributed by atoms with E-state index in [0.29, 0.717) is 36.2 Å². The largest absolute Gasteiger partial charge is 0.336 e. The first-order chi connectivity index (χ1) is 9.29. The summed E-state index contributed by atoms with van der Waals surface area (Å²) in [5.41, 5.74) is 0.314. The van der Waals surface area contributed by atoms with Crippen molar-refractivity contribution in [1.82, 2.24) is 14.2 Å². The predicted octanol–water partition coefficient (Wildman–Crippen LogP) is 1.21. The number of halogens is 2. The van der Waals surface area contributed by atoms with Gasteiger partial charge in [0.1, 0.15) is 5.15 Å². The maximum atomic E-state index is 12.3. The van der Waals surface area contributed by atoms with Crippen LogP contribution in [0.15, 0.2) is 16.7 Å². The van der Waals surface area contributed by atoms with Crippen LogP contribution in [0.5, 0.6) is 0 Å². The number of hydrogen-bond donors (Lipinski definition) is 0. The predicted molar refractivity (Wildman–Crippen MR) is 79.3 cm³/mol. The lowest BCUT2D eigenvalue weighted by molar-refractivity contribution is 0.0698. The minimum Gasteiger partial charge on any atom is -0.336 e. The van der Waals surface area contributed by atoms with Crippen molar-refractivity contribution in [3.63, 3.8) is 0 Å². The summed E-state index contributed by atoms with van der Waals surface area (Å²) < 4.78 is 24.9. The average Bonchev–Trinajstić information content (AvgIpc) is 2.40. The summed E-state index contributed by atoms with van der Waals surface area (Å²) in [6.07, 6.45) is 2.68. The maximum Gasteiger partial charge on any atom is 0.257 e. The average molecular weight is 383 g/mol. The Morgan fingerprint density at radius 2 is 1.95 bits per heavy atom. The summed E-state index contributed by atoms with van der Waals surface area (Å²) in [6, 6.07) is 1.61. The van der Waals surface area contributed by atoms with Crippen LogP contribution in [0.3, 0.4) is 0 Å². The molecule has 1 fully saturated rings. The van der Waals surface area contributed by atoms with Gasteiger partial charge in [-0.15, -0.1) is 0 Å². The summed E-state index contributed by atoms with van der Waals surface area (Å²) in [4.78, 5) is 17.8. The van der Waals surface area contributed by atoms with Crippen LogP contribution in [-0.4, -0.2) is 60.9 Å². The second-order valence-corrected chi connectivity index (χ2v) is 7.70. The van der Waals surface area contributed by atoms with Gasteiger partial charge in [-0.3, -0.25) is 4.79 Å². The second-order valence-electron chi connectivity index (χ2n) is 4.45. The maximum absolute atomic E-state index is 12.3. The van der Waals surface area contributed by atoms with E-state index < -0.39 is 10.0 Å². The van der Waals surface area contributed by atoms with Crippen molar-refractivity contribution in [3.8, 4) is 0 Å². The Morgan fingerprint density at radius 1 is 1.35 bits per heavy atom. The molecule has 0 unspecified atom stereocenters. The van der Waals surface area contributed by atoms with Crippen molar-refractivity contribution in [1.29, 1.82) is 0 Å². The molecule has 0 spiro atoms. The number of sulfonamides is 1. The zero-order valence-electron chi connectivity index (χ0n) is 10.7. The molecule has 0 saturated carbocycles. The van der Waals surface area contributed by atoms with Gasteiger partial charge in [-0.25, -0.2) is 13.4 Å². The zero-order valence-corrected chi connectivity index (χ0v) is 13.9.